The lowest BCUT2D eigenvalue weighted by atomic mass is 10.0. The minimum Gasteiger partial charge on any atom is -0.376 e. The average molecular weight is 419 g/mol. The zero-order valence-electron chi connectivity index (χ0n) is 15.5. The minimum absolute atomic E-state index is 0.178. The van der Waals surface area contributed by atoms with Crippen molar-refractivity contribution >= 4 is 21.2 Å². The first-order valence-electron chi connectivity index (χ1n) is 9.11. The third-order valence-corrected chi connectivity index (χ3v) is 6.68. The van der Waals surface area contributed by atoms with Crippen LogP contribution in [0.4, 0.5) is 20.2 Å². The third kappa shape index (κ3) is 4.26. The van der Waals surface area contributed by atoms with Crippen LogP contribution in [0.5, 0.6) is 0 Å². The summed E-state index contributed by atoms with van der Waals surface area (Å²) in [5, 5.41) is 11.4. The molecule has 1 atom stereocenters. The highest BCUT2D eigenvalue weighted by atomic mass is 32.2. The molecule has 1 aromatic carbocycles. The number of nitro benzene ring substituents is 1. The largest absolute Gasteiger partial charge is 0.376 e. The molecule has 0 radical (unpaired) electrons. The second-order valence-corrected chi connectivity index (χ2v) is 9.03. The monoisotopic (exact) mass is 419 g/mol. The van der Waals surface area contributed by atoms with Crippen LogP contribution in [0.2, 0.25) is 0 Å². The topological polar surface area (TPSA) is 93.0 Å². The molecule has 2 fully saturated rings. The summed E-state index contributed by atoms with van der Waals surface area (Å²) in [7, 11) is -4.88. The summed E-state index contributed by atoms with van der Waals surface area (Å²) in [5.74, 6) is -3.62. The van der Waals surface area contributed by atoms with Crippen LogP contribution in [0.25, 0.3) is 0 Å². The van der Waals surface area contributed by atoms with Crippen LogP contribution in [0.1, 0.15) is 19.8 Å². The molecule has 0 amide bonds. The second kappa shape index (κ2) is 8.26. The van der Waals surface area contributed by atoms with Crippen molar-refractivity contribution in [2.45, 2.75) is 42.6 Å². The van der Waals surface area contributed by atoms with Crippen molar-refractivity contribution in [1.29, 1.82) is 0 Å². The summed E-state index contributed by atoms with van der Waals surface area (Å²) in [6.45, 7) is 5.56. The molecule has 0 spiro atoms. The Morgan fingerprint density at radius 2 is 1.93 bits per heavy atom. The number of hydrogen-bond acceptors (Lipinski definition) is 7. The molecule has 156 valence electrons. The van der Waals surface area contributed by atoms with Crippen LogP contribution in [0, 0.1) is 10.1 Å². The average Bonchev–Trinajstić information content (AvgIpc) is 2.67. The Kier molecular flexibility index (Phi) is 6.15. The summed E-state index contributed by atoms with van der Waals surface area (Å²) in [6, 6.07) is 3.36. The fraction of sp³-hybridized carbons (Fsp3) is 0.647. The van der Waals surface area contributed by atoms with E-state index in [4.69, 9.17) is 4.74 Å². The number of nitro groups is 1. The van der Waals surface area contributed by atoms with E-state index in [1.807, 2.05) is 11.8 Å². The SMILES string of the molecule is CC1CN(C2CCN(c3ccc(S(=O)(=O)C(F)F)cc3[N+](=O)[O-])CC2)CCO1. The van der Waals surface area contributed by atoms with E-state index in [1.54, 1.807) is 0 Å². The van der Waals surface area contributed by atoms with Gasteiger partial charge in [0.2, 0.25) is 9.84 Å². The smallest absolute Gasteiger partial charge is 0.341 e. The molecule has 2 saturated heterocycles. The Morgan fingerprint density at radius 1 is 1.25 bits per heavy atom. The summed E-state index contributed by atoms with van der Waals surface area (Å²) in [4.78, 5) is 14.2. The molecule has 0 N–H and O–H groups in total. The molecule has 2 heterocycles. The van der Waals surface area contributed by atoms with Crippen molar-refractivity contribution < 1.29 is 26.9 Å². The number of ether oxygens (including phenoxy) is 1. The van der Waals surface area contributed by atoms with Crippen molar-refractivity contribution in [1.82, 2.24) is 4.90 Å². The number of sulfone groups is 1. The van der Waals surface area contributed by atoms with Crippen molar-refractivity contribution in [3.63, 3.8) is 0 Å². The Balaban J connectivity index is 1.76. The van der Waals surface area contributed by atoms with Gasteiger partial charge in [0.1, 0.15) is 5.69 Å². The molecule has 0 saturated carbocycles. The van der Waals surface area contributed by atoms with Crippen molar-refractivity contribution in [3.05, 3.63) is 28.3 Å². The quantitative estimate of drug-likeness (QED) is 0.534. The zero-order chi connectivity index (χ0) is 20.5. The first-order valence-corrected chi connectivity index (χ1v) is 10.7. The van der Waals surface area contributed by atoms with Crippen molar-refractivity contribution in [2.24, 2.45) is 0 Å². The van der Waals surface area contributed by atoms with Gasteiger partial charge in [-0.25, -0.2) is 8.42 Å². The van der Waals surface area contributed by atoms with Gasteiger partial charge < -0.3 is 9.64 Å². The summed E-state index contributed by atoms with van der Waals surface area (Å²) < 4.78 is 54.3. The molecule has 2 aliphatic heterocycles. The van der Waals surface area contributed by atoms with Gasteiger partial charge in [0.15, 0.2) is 0 Å². The summed E-state index contributed by atoms with van der Waals surface area (Å²) in [6.07, 6.45) is 1.79. The fourth-order valence-electron chi connectivity index (χ4n) is 3.85. The molecule has 28 heavy (non-hydrogen) atoms. The van der Waals surface area contributed by atoms with E-state index in [0.29, 0.717) is 25.7 Å². The van der Waals surface area contributed by atoms with Crippen LogP contribution in [0.3, 0.4) is 0 Å². The van der Waals surface area contributed by atoms with Crippen LogP contribution in [-0.4, -0.2) is 68.9 Å². The van der Waals surface area contributed by atoms with E-state index in [-0.39, 0.29) is 11.8 Å². The Labute approximate surface area is 162 Å². The number of benzene rings is 1. The normalized spacial score (nSPS) is 22.6. The molecule has 0 aromatic heterocycles. The Bertz CT molecular complexity index is 828. The second-order valence-electron chi connectivity index (χ2n) is 7.11. The maximum absolute atomic E-state index is 12.8. The van der Waals surface area contributed by atoms with Gasteiger partial charge in [-0.3, -0.25) is 15.0 Å². The maximum atomic E-state index is 12.8. The fourth-order valence-corrected chi connectivity index (χ4v) is 4.59. The number of piperidine rings is 1. The highest BCUT2D eigenvalue weighted by molar-refractivity contribution is 7.91. The number of morpholine rings is 1. The standard InChI is InChI=1S/C17H23F2N3O5S/c1-12-11-21(8-9-27-12)13-4-6-20(7-5-13)15-3-2-14(10-16(15)22(23)24)28(25,26)17(18)19/h2-3,10,12-13,17H,4-9,11H2,1H3. The van der Waals surface area contributed by atoms with Gasteiger partial charge in [-0.2, -0.15) is 8.78 Å². The highest BCUT2D eigenvalue weighted by Gasteiger charge is 2.33. The van der Waals surface area contributed by atoms with Crippen molar-refractivity contribution in [3.8, 4) is 0 Å². The van der Waals surface area contributed by atoms with E-state index in [1.165, 1.54) is 6.07 Å². The lowest BCUT2D eigenvalue weighted by Crippen LogP contribution is -2.51. The highest BCUT2D eigenvalue weighted by Crippen LogP contribution is 2.34. The number of alkyl halides is 2. The van der Waals surface area contributed by atoms with Gasteiger partial charge in [-0.15, -0.1) is 0 Å². The first kappa shape index (κ1) is 20.9. The summed E-state index contributed by atoms with van der Waals surface area (Å²) >= 11 is 0. The van der Waals surface area contributed by atoms with Gasteiger partial charge in [-0.1, -0.05) is 0 Å². The van der Waals surface area contributed by atoms with Gasteiger partial charge in [0, 0.05) is 38.3 Å². The van der Waals surface area contributed by atoms with Crippen LogP contribution in [-0.2, 0) is 14.6 Å². The first-order chi connectivity index (χ1) is 13.2. The number of hydrogen-bond donors (Lipinski definition) is 0. The molecule has 0 aliphatic carbocycles. The molecule has 8 nitrogen and oxygen atoms in total. The molecule has 1 aromatic rings. The van der Waals surface area contributed by atoms with Crippen molar-refractivity contribution in [2.75, 3.05) is 37.7 Å². The predicted molar refractivity (Wildman–Crippen MR) is 98.5 cm³/mol. The minimum atomic E-state index is -4.88. The number of rotatable bonds is 5. The van der Waals surface area contributed by atoms with Gasteiger partial charge in [0.05, 0.1) is 22.5 Å². The molecular weight excluding hydrogens is 396 g/mol. The number of anilines is 1. The third-order valence-electron chi connectivity index (χ3n) is 5.30. The molecule has 2 aliphatic rings. The van der Waals surface area contributed by atoms with Crippen LogP contribution in [0.15, 0.2) is 23.1 Å². The number of nitrogens with zero attached hydrogens (tertiary/aromatic N) is 3. The van der Waals surface area contributed by atoms with Crippen LogP contribution < -0.4 is 4.90 Å². The lowest BCUT2D eigenvalue weighted by molar-refractivity contribution is -0.384. The Morgan fingerprint density at radius 3 is 2.50 bits per heavy atom. The van der Waals surface area contributed by atoms with E-state index >= 15 is 0 Å². The zero-order valence-corrected chi connectivity index (χ0v) is 16.3. The van der Waals surface area contributed by atoms with Gasteiger partial charge in [0.25, 0.3) is 5.69 Å². The number of halogens is 2. The molecular formula is C17H23F2N3O5S. The summed E-state index contributed by atoms with van der Waals surface area (Å²) in [5.41, 5.74) is -0.216. The molecule has 1 unspecified atom stereocenters. The Hall–Kier alpha value is -1.85. The van der Waals surface area contributed by atoms with E-state index in [0.717, 1.165) is 38.1 Å². The molecule has 0 bridgehead atoms. The van der Waals surface area contributed by atoms with Crippen LogP contribution >= 0.6 is 0 Å². The van der Waals surface area contributed by atoms with E-state index in [9.17, 15) is 27.3 Å². The van der Waals surface area contributed by atoms with E-state index in [2.05, 4.69) is 4.90 Å². The van der Waals surface area contributed by atoms with Gasteiger partial charge >= 0.3 is 5.76 Å². The lowest BCUT2D eigenvalue weighted by Gasteiger charge is -2.42. The maximum Gasteiger partial charge on any atom is 0.341 e. The molecule has 11 heteroatoms. The van der Waals surface area contributed by atoms with E-state index < -0.39 is 31.1 Å². The molecule has 3 rings (SSSR count). The predicted octanol–water partition coefficient (Wildman–Crippen LogP) is 2.28. The van der Waals surface area contributed by atoms with Gasteiger partial charge in [-0.05, 0) is 31.9 Å².